The predicted molar refractivity (Wildman–Crippen MR) is 306 cm³/mol. The Hall–Kier alpha value is -6.19. The number of sulfone groups is 1. The minimum absolute atomic E-state index is 0. The molecule has 0 unspecified atom stereocenters. The van der Waals surface area contributed by atoms with Gasteiger partial charge in [-0.15, -0.1) is 35.3 Å². The number of carbonyl (C=O) groups is 6. The summed E-state index contributed by atoms with van der Waals surface area (Å²) < 4.78 is 34.6. The van der Waals surface area contributed by atoms with Gasteiger partial charge in [-0.3, -0.25) is 33.8 Å². The summed E-state index contributed by atoms with van der Waals surface area (Å²) in [6, 6.07) is 27.9. The predicted octanol–water partition coefficient (Wildman–Crippen LogP) is 8.67. The zero-order chi connectivity index (χ0) is 53.4. The van der Waals surface area contributed by atoms with Crippen LogP contribution in [0.3, 0.4) is 0 Å². The van der Waals surface area contributed by atoms with Crippen LogP contribution in [-0.4, -0.2) is 144 Å². The number of aryl methyl sites for hydroxylation is 1. The van der Waals surface area contributed by atoms with Gasteiger partial charge in [0.05, 0.1) is 24.9 Å². The molecule has 9 rings (SSSR count). The molecule has 0 atom stereocenters. The summed E-state index contributed by atoms with van der Waals surface area (Å²) in [7, 11) is 1.90. The highest BCUT2D eigenvalue weighted by atomic mass is 32.2. The number of amides is 3. The molecule has 5 heterocycles. The Kier molecular flexibility index (Phi) is 26.4. The molecule has 1 aromatic heterocycles. The van der Waals surface area contributed by atoms with E-state index in [0.717, 1.165) is 51.9 Å². The molecule has 16 nitrogen and oxygen atoms in total. The number of carbonyl (C=O) groups excluding carboxylic acids is 6. The molecular weight excluding hydrogens is 1060 g/mol. The van der Waals surface area contributed by atoms with E-state index >= 15 is 0 Å². The van der Waals surface area contributed by atoms with E-state index < -0.39 is 33.2 Å². The van der Waals surface area contributed by atoms with Gasteiger partial charge in [0.1, 0.15) is 17.2 Å². The lowest BCUT2D eigenvalue weighted by Crippen LogP contribution is -2.37. The molecule has 0 saturated heterocycles. The fourth-order valence-corrected chi connectivity index (χ4v) is 12.7. The van der Waals surface area contributed by atoms with E-state index in [0.29, 0.717) is 43.9 Å². The first kappa shape index (κ1) is 65.1. The van der Waals surface area contributed by atoms with E-state index in [1.165, 1.54) is 57.9 Å². The highest BCUT2D eigenvalue weighted by molar-refractivity contribution is 7.99. The molecule has 0 aliphatic carbocycles. The topological polar surface area (TPSA) is 201 Å². The van der Waals surface area contributed by atoms with Crippen molar-refractivity contribution in [2.45, 2.75) is 94.7 Å². The molecule has 4 aromatic carbocycles. The Morgan fingerprint density at radius 1 is 0.584 bits per heavy atom. The fourth-order valence-electron chi connectivity index (χ4n) is 8.13. The Morgan fingerprint density at radius 2 is 1.08 bits per heavy atom. The highest BCUT2D eigenvalue weighted by Crippen LogP contribution is 2.32. The number of aromatic nitrogens is 1. The van der Waals surface area contributed by atoms with Crippen LogP contribution in [0.4, 0.5) is 0 Å². The van der Waals surface area contributed by atoms with Crippen LogP contribution in [0, 0.1) is 0 Å². The van der Waals surface area contributed by atoms with Crippen molar-refractivity contribution in [2.24, 2.45) is 0 Å². The van der Waals surface area contributed by atoms with Crippen LogP contribution < -0.4 is 9.47 Å². The number of phenols is 1. The second-order valence-electron chi connectivity index (χ2n) is 17.5. The molecule has 5 aromatic rings. The molecule has 3 amide bonds. The van der Waals surface area contributed by atoms with Gasteiger partial charge >= 0.3 is 0 Å². The third-order valence-corrected chi connectivity index (χ3v) is 17.2. The van der Waals surface area contributed by atoms with Crippen LogP contribution in [0.1, 0.15) is 70.4 Å². The van der Waals surface area contributed by atoms with Crippen molar-refractivity contribution >= 4 is 80.2 Å². The number of benzene rings is 4. The van der Waals surface area contributed by atoms with Crippen LogP contribution >= 0.6 is 35.3 Å². The number of ether oxygens (including phenoxy) is 2. The first-order valence-corrected chi connectivity index (χ1v) is 28.4. The van der Waals surface area contributed by atoms with Gasteiger partial charge in [0.25, 0.3) is 17.7 Å². The molecule has 77 heavy (non-hydrogen) atoms. The second-order valence-corrected chi connectivity index (χ2v) is 23.0. The van der Waals surface area contributed by atoms with Gasteiger partial charge < -0.3 is 34.2 Å². The molecular formula is C57H73N5O11S4. The highest BCUT2D eigenvalue weighted by Gasteiger charge is 2.30. The maximum Gasteiger partial charge on any atom is 0.290 e. The summed E-state index contributed by atoms with van der Waals surface area (Å²) >= 11 is 5.31. The summed E-state index contributed by atoms with van der Waals surface area (Å²) in [6.45, 7) is 6.80. The fraction of sp³-hybridized carbons (Fsp3) is 0.386. The summed E-state index contributed by atoms with van der Waals surface area (Å²) in [5, 5.41) is 9.43. The van der Waals surface area contributed by atoms with Gasteiger partial charge in [-0.25, -0.2) is 8.42 Å². The number of phenolic OH excluding ortho intramolecular Hbond substituents is 1. The van der Waals surface area contributed by atoms with Crippen molar-refractivity contribution in [3.63, 3.8) is 0 Å². The van der Waals surface area contributed by atoms with Gasteiger partial charge in [0.2, 0.25) is 17.3 Å². The first-order valence-electron chi connectivity index (χ1n) is 23.8. The van der Waals surface area contributed by atoms with Gasteiger partial charge in [-0.2, -0.15) is 0 Å². The zero-order valence-electron chi connectivity index (χ0n) is 42.1. The van der Waals surface area contributed by atoms with Crippen LogP contribution in [0.2, 0.25) is 0 Å². The number of rotatable bonds is 8. The average Bonchev–Trinajstić information content (AvgIpc) is 3.89. The molecule has 20 heteroatoms. The van der Waals surface area contributed by atoms with Crippen molar-refractivity contribution < 1.29 is 51.8 Å². The minimum atomic E-state index is -3.46. The summed E-state index contributed by atoms with van der Waals surface area (Å²) in [5.74, 6) is 1.36. The number of aromatic hydroxyl groups is 1. The molecule has 0 bridgehead atoms. The molecule has 0 fully saturated rings. The summed E-state index contributed by atoms with van der Waals surface area (Å²) in [4.78, 5) is 85.0. The Labute approximate surface area is 467 Å². The third-order valence-electron chi connectivity index (χ3n) is 12.1. The Morgan fingerprint density at radius 3 is 1.69 bits per heavy atom. The van der Waals surface area contributed by atoms with Gasteiger partial charge in [0, 0.05) is 117 Å². The number of fused-ring (bicyclic) bond motifs is 4. The van der Waals surface area contributed by atoms with Crippen LogP contribution in [0.5, 0.6) is 17.2 Å². The number of thioether (sulfide) groups is 3. The van der Waals surface area contributed by atoms with E-state index in [2.05, 4.69) is 35.1 Å². The Balaban J connectivity index is 0.000000270. The molecule has 1 N–H and O–H groups in total. The van der Waals surface area contributed by atoms with E-state index in [-0.39, 0.29) is 69.9 Å². The molecule has 416 valence electrons. The number of ketones is 3. The monoisotopic (exact) mass is 1130 g/mol. The van der Waals surface area contributed by atoms with Crippen molar-refractivity contribution in [3.8, 4) is 17.2 Å². The van der Waals surface area contributed by atoms with E-state index in [1.807, 2.05) is 54.2 Å². The second kappa shape index (κ2) is 31.3. The lowest BCUT2D eigenvalue weighted by molar-refractivity contribution is -0.144. The molecule has 4 aliphatic heterocycles. The van der Waals surface area contributed by atoms with E-state index in [9.17, 15) is 42.3 Å². The SMILES string of the molecule is C.C.C.CC(=O)C(=O)N1CCSc2ccc(O)cc2C1.COc1ccc2c(c1)CN(C(=O)C(C)=O)CCS2(=O)=O.COc1ccc2c(c1)CN(C)CCS2.O=C(CCc1ccncc1)C(=O)N1CCSc2ccccc2C1. The summed E-state index contributed by atoms with van der Waals surface area (Å²) in [5.41, 5.74) is 4.89. The summed E-state index contributed by atoms with van der Waals surface area (Å²) in [6.07, 6.45) is 4.22. The normalized spacial score (nSPS) is 15.1. The third kappa shape index (κ3) is 18.8. The number of nitrogens with zero attached hydrogens (tertiary/aromatic N) is 5. The van der Waals surface area contributed by atoms with Crippen LogP contribution in [-0.2, 0) is 71.2 Å². The lowest BCUT2D eigenvalue weighted by atomic mass is 10.1. The van der Waals surface area contributed by atoms with Crippen LogP contribution in [0.15, 0.2) is 123 Å². The molecule has 0 radical (unpaired) electrons. The van der Waals surface area contributed by atoms with Crippen LogP contribution in [0.25, 0.3) is 0 Å². The Bertz CT molecular complexity index is 2940. The standard InChI is InChI=1S/C18H18N2O2S.C13H15NO5S.C12H13NO3S.C11H15NOS.3CH4/c21-16(6-5-14-7-9-19-10-8-14)18(22)20-11-12-23-17-4-2-1-3-15(17)13-20;1-9(15)13(16)14-5-6-20(17,18)12-4-3-11(19-2)7-10(12)8-14;1-8(14)12(16)13-4-5-17-11-3-2-10(15)6-9(11)7-13;1-12-5-6-14-11-4-3-10(13-2)7-9(11)8-12;;;/h1-4,7-10H,5-6,11-13H2;3-4,7H,5-6,8H2,1-2H3;2-3,6,15H,4-5,7H2,1H3;3-4,7H,5-6,8H2,1-2H3;3*1H4. The van der Waals surface area contributed by atoms with Crippen molar-refractivity contribution in [1.29, 1.82) is 0 Å². The number of pyridine rings is 1. The quantitative estimate of drug-likeness (QED) is 0.145. The van der Waals surface area contributed by atoms with Gasteiger partial charge in [-0.1, -0.05) is 40.5 Å². The number of hydrogen-bond donors (Lipinski definition) is 1. The molecule has 4 aliphatic rings. The first-order chi connectivity index (χ1) is 35.5. The van der Waals surface area contributed by atoms with Gasteiger partial charge in [0.15, 0.2) is 9.84 Å². The smallest absolute Gasteiger partial charge is 0.290 e. The van der Waals surface area contributed by atoms with Crippen molar-refractivity contribution in [1.82, 2.24) is 24.6 Å². The zero-order valence-corrected chi connectivity index (χ0v) is 45.4. The number of hydrogen-bond acceptors (Lipinski definition) is 16. The van der Waals surface area contributed by atoms with E-state index in [1.54, 1.807) is 72.2 Å². The number of methoxy groups -OCH3 is 2. The van der Waals surface area contributed by atoms with Crippen molar-refractivity contribution in [2.75, 3.05) is 70.5 Å². The molecule has 0 saturated carbocycles. The number of Topliss-reactive ketones (excluding diaryl/α,β-unsaturated/α-hetero) is 3. The largest absolute Gasteiger partial charge is 0.508 e. The minimum Gasteiger partial charge on any atom is -0.508 e. The lowest BCUT2D eigenvalue weighted by Gasteiger charge is -2.19. The average molecular weight is 1130 g/mol. The molecule has 0 spiro atoms. The van der Waals surface area contributed by atoms with Crippen molar-refractivity contribution in [3.05, 3.63) is 131 Å². The maximum atomic E-state index is 12.4. The maximum absolute atomic E-state index is 12.4. The van der Waals surface area contributed by atoms with E-state index in [4.69, 9.17) is 9.47 Å². The van der Waals surface area contributed by atoms with Gasteiger partial charge in [-0.05, 0) is 114 Å².